The molecule has 22 heteroatoms. The van der Waals surface area contributed by atoms with E-state index < -0.39 is 66.7 Å². The number of hydrogen-bond donors (Lipinski definition) is 7. The van der Waals surface area contributed by atoms with Crippen molar-refractivity contribution in [3.8, 4) is 12.3 Å². The summed E-state index contributed by atoms with van der Waals surface area (Å²) in [6.45, 7) is 7.32. The van der Waals surface area contributed by atoms with E-state index in [-0.39, 0.29) is 58.5 Å². The zero-order valence-electron chi connectivity index (χ0n) is 33.4. The van der Waals surface area contributed by atoms with Crippen molar-refractivity contribution in [3.63, 3.8) is 0 Å². The highest BCUT2D eigenvalue weighted by atomic mass is 16.6. The lowest BCUT2D eigenvalue weighted by Crippen LogP contribution is -2.61. The van der Waals surface area contributed by atoms with Crippen molar-refractivity contribution in [2.45, 2.75) is 57.1 Å². The minimum Gasteiger partial charge on any atom is -0.477 e. The molecule has 0 radical (unpaired) electrons. The predicted molar refractivity (Wildman–Crippen MR) is 205 cm³/mol. The highest BCUT2D eigenvalue weighted by Gasteiger charge is 2.46. The lowest BCUT2D eigenvalue weighted by atomic mass is 9.92. The van der Waals surface area contributed by atoms with Gasteiger partial charge in [-0.1, -0.05) is 12.8 Å². The van der Waals surface area contributed by atoms with E-state index in [4.69, 9.17) is 60.5 Å². The number of carbonyl (C=O) groups excluding carboxylic acids is 3. The molecule has 9 N–H and O–H groups in total. The van der Waals surface area contributed by atoms with Crippen LogP contribution in [0.25, 0.3) is 0 Å². The molecular weight excluding hydrogens is 772 g/mol. The van der Waals surface area contributed by atoms with E-state index in [1.807, 2.05) is 6.92 Å². The summed E-state index contributed by atoms with van der Waals surface area (Å²) < 4.78 is 49.0. The molecule has 0 unspecified atom stereocenters. The van der Waals surface area contributed by atoms with Gasteiger partial charge in [-0.05, 0) is 12.5 Å². The molecule has 1 rings (SSSR count). The molecule has 1 aliphatic rings. The Bertz CT molecular complexity index is 1280. The topological polar surface area (TPSA) is 304 Å². The summed E-state index contributed by atoms with van der Waals surface area (Å²) in [6.07, 6.45) is 1.10. The summed E-state index contributed by atoms with van der Waals surface area (Å²) in [5, 5.41) is 34.7. The monoisotopic (exact) mass is 834 g/mol. The third-order valence-corrected chi connectivity index (χ3v) is 7.68. The SMILES string of the molecule is C#CCOCCOCCOCCOCCC(=O)N(CCOCCC)CCOCCOCCNC(=O)O[C@@H]([C@@H]1OC(C(=O)O)=C[C@H](N=C(N)N)[C@H]1NC(C)=O)[C@H](O)CO. The molecule has 3 amide bonds. The molecule has 0 saturated heterocycles. The van der Waals surface area contributed by atoms with Crippen LogP contribution in [0.2, 0.25) is 0 Å². The van der Waals surface area contributed by atoms with E-state index in [0.717, 1.165) is 19.4 Å². The van der Waals surface area contributed by atoms with Gasteiger partial charge in [0.2, 0.25) is 17.6 Å². The van der Waals surface area contributed by atoms with E-state index in [1.54, 1.807) is 4.90 Å². The molecule has 0 aliphatic carbocycles. The van der Waals surface area contributed by atoms with Crippen LogP contribution in [-0.2, 0) is 57.0 Å². The molecule has 58 heavy (non-hydrogen) atoms. The third-order valence-electron chi connectivity index (χ3n) is 7.68. The summed E-state index contributed by atoms with van der Waals surface area (Å²) in [5.41, 5.74) is 11.0. The number of aliphatic imine (C=N–C) groups is 1. The number of nitrogens with zero attached hydrogens (tertiary/aromatic N) is 2. The zero-order chi connectivity index (χ0) is 43.0. The minimum atomic E-state index is -1.77. The quantitative estimate of drug-likeness (QED) is 0.0150. The Kier molecular flexibility index (Phi) is 29.1. The number of nitrogens with one attached hydrogen (secondary N) is 2. The normalized spacial score (nSPS) is 17.2. The average molecular weight is 835 g/mol. The number of terminal acetylenes is 1. The van der Waals surface area contributed by atoms with Gasteiger partial charge in [0.05, 0.1) is 104 Å². The van der Waals surface area contributed by atoms with Crippen molar-refractivity contribution < 1.29 is 77.1 Å². The molecule has 1 aliphatic heterocycles. The number of carboxylic acid groups (broad SMARTS) is 1. The van der Waals surface area contributed by atoms with Crippen LogP contribution >= 0.6 is 0 Å². The summed E-state index contributed by atoms with van der Waals surface area (Å²) >= 11 is 0. The zero-order valence-corrected chi connectivity index (χ0v) is 33.4. The van der Waals surface area contributed by atoms with Crippen LogP contribution in [-0.4, -0.2) is 199 Å². The molecule has 0 spiro atoms. The molecular formula is C36H62N6O16. The van der Waals surface area contributed by atoms with Crippen LogP contribution in [0.15, 0.2) is 16.8 Å². The first-order valence-electron chi connectivity index (χ1n) is 18.9. The molecule has 1 heterocycles. The number of aliphatic hydroxyl groups excluding tert-OH is 2. The van der Waals surface area contributed by atoms with Gasteiger partial charge in [-0.2, -0.15) is 0 Å². The van der Waals surface area contributed by atoms with Gasteiger partial charge in [0.1, 0.15) is 12.7 Å². The van der Waals surface area contributed by atoms with Gasteiger partial charge in [0.15, 0.2) is 18.2 Å². The predicted octanol–water partition coefficient (Wildman–Crippen LogP) is -2.67. The van der Waals surface area contributed by atoms with Crippen molar-refractivity contribution in [2.24, 2.45) is 16.5 Å². The minimum absolute atomic E-state index is 0.0277. The summed E-state index contributed by atoms with van der Waals surface area (Å²) in [6, 6.07) is -2.41. The van der Waals surface area contributed by atoms with E-state index in [1.165, 1.54) is 0 Å². The first-order chi connectivity index (χ1) is 27.9. The molecule has 332 valence electrons. The fraction of sp³-hybridized carbons (Fsp3) is 0.750. The fourth-order valence-corrected chi connectivity index (χ4v) is 5.04. The maximum Gasteiger partial charge on any atom is 0.407 e. The second kappa shape index (κ2) is 32.6. The molecule has 0 fully saturated rings. The number of ether oxygens (including phenoxy) is 9. The van der Waals surface area contributed by atoms with Gasteiger partial charge in [0, 0.05) is 33.2 Å². The number of amides is 3. The van der Waals surface area contributed by atoms with Gasteiger partial charge in [-0.25, -0.2) is 14.6 Å². The maximum atomic E-state index is 12.9. The third kappa shape index (κ3) is 23.8. The Morgan fingerprint density at radius 3 is 1.98 bits per heavy atom. The second-order valence-corrected chi connectivity index (χ2v) is 12.3. The lowest BCUT2D eigenvalue weighted by Gasteiger charge is -2.39. The van der Waals surface area contributed by atoms with Crippen molar-refractivity contribution in [2.75, 3.05) is 119 Å². The van der Waals surface area contributed by atoms with Crippen LogP contribution < -0.4 is 22.1 Å². The number of carboxylic acids is 1. The highest BCUT2D eigenvalue weighted by molar-refractivity contribution is 5.85. The number of rotatable bonds is 34. The van der Waals surface area contributed by atoms with Gasteiger partial charge in [0.25, 0.3) is 0 Å². The smallest absolute Gasteiger partial charge is 0.407 e. The van der Waals surface area contributed by atoms with E-state index >= 15 is 0 Å². The largest absolute Gasteiger partial charge is 0.477 e. The van der Waals surface area contributed by atoms with Crippen molar-refractivity contribution >= 4 is 29.8 Å². The number of nitrogens with two attached hydrogens (primary N) is 2. The number of aliphatic carboxylic acids is 1. The second-order valence-electron chi connectivity index (χ2n) is 12.3. The Morgan fingerprint density at radius 2 is 1.45 bits per heavy atom. The van der Waals surface area contributed by atoms with Crippen LogP contribution in [0.1, 0.15) is 26.7 Å². The summed E-state index contributed by atoms with van der Waals surface area (Å²) in [5.74, 6) is -0.930. The number of hydrogen-bond acceptors (Lipinski definition) is 16. The Morgan fingerprint density at radius 1 is 0.897 bits per heavy atom. The van der Waals surface area contributed by atoms with Crippen molar-refractivity contribution in [1.82, 2.24) is 15.5 Å². The molecule has 0 aromatic rings. The summed E-state index contributed by atoms with van der Waals surface area (Å²) in [4.78, 5) is 54.9. The Labute approximate surface area is 338 Å². The van der Waals surface area contributed by atoms with Crippen LogP contribution in [0.5, 0.6) is 0 Å². The molecule has 0 aromatic heterocycles. The molecule has 22 nitrogen and oxygen atoms in total. The molecule has 0 bridgehead atoms. The number of guanidine groups is 1. The Hall–Kier alpha value is -4.31. The standard InChI is InChI=1S/C36H62N6O16/c1-4-10-50-14-8-42(30(46)6-12-52-17-21-56-23-22-55-20-16-51-11-5-2)9-15-54-19-18-53-13-7-39-36(49)58-32(28(45)25-43)33-31(40-26(3)44)27(41-35(37)38)24-29(57-33)34(47)48/h2,24,27-28,31-33,43,45H,4,6-23,25H2,1,3H3,(H,39,49)(H,40,44)(H,47,48)(H4,37,38,41)/t27-,28+,31+,32+,33+/m0/s1. The van der Waals surface area contributed by atoms with Crippen LogP contribution in [0, 0.1) is 12.3 Å². The summed E-state index contributed by atoms with van der Waals surface area (Å²) in [7, 11) is 0. The van der Waals surface area contributed by atoms with Crippen LogP contribution in [0.4, 0.5) is 4.79 Å². The van der Waals surface area contributed by atoms with Crippen molar-refractivity contribution in [3.05, 3.63) is 11.8 Å². The van der Waals surface area contributed by atoms with Crippen LogP contribution in [0.3, 0.4) is 0 Å². The van der Waals surface area contributed by atoms with E-state index in [0.29, 0.717) is 65.9 Å². The van der Waals surface area contributed by atoms with Gasteiger partial charge < -0.3 is 85.0 Å². The van der Waals surface area contributed by atoms with Gasteiger partial charge in [-0.15, -0.1) is 6.42 Å². The first kappa shape index (κ1) is 51.7. The molecule has 0 aromatic carbocycles. The lowest BCUT2D eigenvalue weighted by molar-refractivity contribution is -0.146. The Balaban J connectivity index is 2.46. The fourth-order valence-electron chi connectivity index (χ4n) is 5.04. The van der Waals surface area contributed by atoms with E-state index in [2.05, 4.69) is 21.5 Å². The number of carbonyl (C=O) groups is 4. The number of aliphatic hydroxyl groups is 2. The first-order valence-corrected chi connectivity index (χ1v) is 18.9. The average Bonchev–Trinajstić information content (AvgIpc) is 3.18. The highest BCUT2D eigenvalue weighted by Crippen LogP contribution is 2.26. The molecule has 0 saturated carbocycles. The van der Waals surface area contributed by atoms with Crippen molar-refractivity contribution in [1.29, 1.82) is 0 Å². The van der Waals surface area contributed by atoms with Gasteiger partial charge in [-0.3, -0.25) is 9.59 Å². The number of alkyl carbamates (subject to hydrolysis) is 1. The maximum absolute atomic E-state index is 12.9. The molecule has 5 atom stereocenters. The van der Waals surface area contributed by atoms with Gasteiger partial charge >= 0.3 is 12.1 Å². The van der Waals surface area contributed by atoms with E-state index in [9.17, 15) is 34.5 Å².